The van der Waals surface area contributed by atoms with Crippen LogP contribution in [0.15, 0.2) is 48.8 Å². The van der Waals surface area contributed by atoms with E-state index >= 15 is 0 Å². The van der Waals surface area contributed by atoms with Crippen LogP contribution in [0.3, 0.4) is 0 Å². The number of esters is 1. The molecule has 156 valence electrons. The monoisotopic (exact) mass is 415 g/mol. The molecule has 31 heavy (non-hydrogen) atoms. The van der Waals surface area contributed by atoms with Crippen LogP contribution in [0.25, 0.3) is 10.9 Å². The molecule has 0 radical (unpaired) electrons. The predicted octanol–water partition coefficient (Wildman–Crippen LogP) is 2.97. The zero-order chi connectivity index (χ0) is 21.2. The van der Waals surface area contributed by atoms with Crippen LogP contribution in [0.1, 0.15) is 40.7 Å². The van der Waals surface area contributed by atoms with Crippen LogP contribution in [0, 0.1) is 0 Å². The van der Waals surface area contributed by atoms with Crippen LogP contribution in [-0.4, -0.2) is 46.9 Å². The van der Waals surface area contributed by atoms with Gasteiger partial charge in [-0.25, -0.2) is 9.78 Å². The summed E-state index contributed by atoms with van der Waals surface area (Å²) in [5, 5.41) is 1.03. The van der Waals surface area contributed by atoms with E-state index < -0.39 is 17.0 Å². The smallest absolute Gasteiger partial charge is 0.345 e. The molecule has 1 aliphatic carbocycles. The zero-order valence-electron chi connectivity index (χ0n) is 17.1. The lowest BCUT2D eigenvalue weighted by molar-refractivity contribution is -0.134. The van der Waals surface area contributed by atoms with E-state index in [0.717, 1.165) is 34.9 Å². The summed E-state index contributed by atoms with van der Waals surface area (Å²) in [4.78, 5) is 36.8. The SMILES string of the molecule is COc1nccc2c1C(=O)OC21CCN(C(=O)C2(c3ccnc4ccccc34)CC2)C1. The number of carbonyl (C=O) groups is 2. The van der Waals surface area contributed by atoms with Crippen LogP contribution in [0.5, 0.6) is 5.88 Å². The summed E-state index contributed by atoms with van der Waals surface area (Å²) >= 11 is 0. The summed E-state index contributed by atoms with van der Waals surface area (Å²) < 4.78 is 11.1. The van der Waals surface area contributed by atoms with Crippen LogP contribution < -0.4 is 4.74 Å². The number of hydrogen-bond acceptors (Lipinski definition) is 6. The Morgan fingerprint density at radius 2 is 1.84 bits per heavy atom. The first-order valence-corrected chi connectivity index (χ1v) is 10.5. The Morgan fingerprint density at radius 1 is 1.06 bits per heavy atom. The summed E-state index contributed by atoms with van der Waals surface area (Å²) in [7, 11) is 1.49. The number of likely N-dealkylation sites (tertiary alicyclic amines) is 1. The second kappa shape index (κ2) is 6.26. The largest absolute Gasteiger partial charge is 0.480 e. The van der Waals surface area contributed by atoms with Crippen LogP contribution in [0.4, 0.5) is 0 Å². The van der Waals surface area contributed by atoms with Gasteiger partial charge in [0, 0.05) is 36.3 Å². The first-order chi connectivity index (χ1) is 15.1. The van der Waals surface area contributed by atoms with Gasteiger partial charge in [-0.2, -0.15) is 0 Å². The highest BCUT2D eigenvalue weighted by Crippen LogP contribution is 2.53. The van der Waals surface area contributed by atoms with Crippen molar-refractivity contribution in [3.63, 3.8) is 0 Å². The Balaban J connectivity index is 1.35. The molecule has 1 aromatic carbocycles. The van der Waals surface area contributed by atoms with Gasteiger partial charge in [0.2, 0.25) is 11.8 Å². The average Bonchev–Trinajstić information content (AvgIpc) is 3.43. The van der Waals surface area contributed by atoms with Crippen LogP contribution in [0.2, 0.25) is 0 Å². The first-order valence-electron chi connectivity index (χ1n) is 10.5. The maximum Gasteiger partial charge on any atom is 0.345 e. The molecule has 4 heterocycles. The van der Waals surface area contributed by atoms with Crippen molar-refractivity contribution in [2.45, 2.75) is 30.3 Å². The van der Waals surface area contributed by atoms with Gasteiger partial charge in [-0.05, 0) is 36.6 Å². The van der Waals surface area contributed by atoms with Gasteiger partial charge in [-0.15, -0.1) is 0 Å². The Morgan fingerprint density at radius 3 is 2.65 bits per heavy atom. The molecule has 1 saturated heterocycles. The summed E-state index contributed by atoms with van der Waals surface area (Å²) in [6, 6.07) is 11.7. The number of fused-ring (bicyclic) bond motifs is 3. The van der Waals surface area contributed by atoms with Crippen molar-refractivity contribution < 1.29 is 19.1 Å². The quantitative estimate of drug-likeness (QED) is 0.612. The van der Waals surface area contributed by atoms with Gasteiger partial charge in [0.15, 0.2) is 5.60 Å². The molecule has 1 spiro atoms. The van der Waals surface area contributed by atoms with E-state index in [2.05, 4.69) is 9.97 Å². The molecular formula is C24H21N3O4. The molecule has 2 aromatic heterocycles. The second-order valence-electron chi connectivity index (χ2n) is 8.56. The van der Waals surface area contributed by atoms with Crippen molar-refractivity contribution in [2.24, 2.45) is 0 Å². The van der Waals surface area contributed by atoms with Gasteiger partial charge >= 0.3 is 5.97 Å². The van der Waals surface area contributed by atoms with Gasteiger partial charge in [-0.3, -0.25) is 9.78 Å². The highest BCUT2D eigenvalue weighted by atomic mass is 16.6. The fourth-order valence-corrected chi connectivity index (χ4v) is 5.26. The lowest BCUT2D eigenvalue weighted by Gasteiger charge is -2.27. The Bertz CT molecular complexity index is 1250. The summed E-state index contributed by atoms with van der Waals surface area (Å²) in [5.41, 5.74) is 1.73. The number of rotatable bonds is 3. The molecule has 1 atom stereocenters. The fourth-order valence-electron chi connectivity index (χ4n) is 5.26. The minimum Gasteiger partial charge on any atom is -0.480 e. The van der Waals surface area contributed by atoms with Gasteiger partial charge in [0.05, 0.1) is 24.6 Å². The second-order valence-corrected chi connectivity index (χ2v) is 8.56. The normalized spacial score (nSPS) is 23.1. The number of amides is 1. The third-order valence-electron chi connectivity index (χ3n) is 6.94. The van der Waals surface area contributed by atoms with E-state index in [1.165, 1.54) is 7.11 Å². The number of ether oxygens (including phenoxy) is 2. The average molecular weight is 415 g/mol. The van der Waals surface area contributed by atoms with Crippen LogP contribution in [-0.2, 0) is 20.5 Å². The topological polar surface area (TPSA) is 81.6 Å². The maximum absolute atomic E-state index is 13.8. The molecule has 2 fully saturated rings. The molecule has 3 aliphatic rings. The summed E-state index contributed by atoms with van der Waals surface area (Å²) in [5.74, 6) is -0.0622. The van der Waals surface area contributed by atoms with Crippen molar-refractivity contribution in [1.82, 2.24) is 14.9 Å². The number of para-hydroxylation sites is 1. The molecule has 3 aromatic rings. The third kappa shape index (κ3) is 2.46. The molecule has 1 amide bonds. The van der Waals surface area contributed by atoms with E-state index in [4.69, 9.17) is 9.47 Å². The highest BCUT2D eigenvalue weighted by Gasteiger charge is 2.58. The number of carbonyl (C=O) groups excluding carboxylic acids is 2. The summed E-state index contributed by atoms with van der Waals surface area (Å²) in [6.45, 7) is 0.892. The molecule has 6 rings (SSSR count). The van der Waals surface area contributed by atoms with Crippen molar-refractivity contribution in [2.75, 3.05) is 20.2 Å². The van der Waals surface area contributed by atoms with Gasteiger partial charge in [-0.1, -0.05) is 18.2 Å². The number of hydrogen-bond donors (Lipinski definition) is 0. The van der Waals surface area contributed by atoms with E-state index in [1.54, 1.807) is 18.5 Å². The molecule has 1 saturated carbocycles. The minimum absolute atomic E-state index is 0.103. The summed E-state index contributed by atoms with van der Waals surface area (Å²) in [6.07, 6.45) is 5.61. The number of methoxy groups -OCH3 is 1. The standard InChI is InChI=1S/C24H21N3O4/c1-30-20-19-17(7-12-26-20)24(31-21(19)28)10-13-27(14-24)22(29)23(8-9-23)16-6-11-25-18-5-3-2-4-15(16)18/h2-7,11-12H,8-10,13-14H2,1H3. The highest BCUT2D eigenvalue weighted by molar-refractivity contribution is 5.99. The first kappa shape index (κ1) is 18.3. The molecule has 0 N–H and O–H groups in total. The number of benzene rings is 1. The third-order valence-corrected chi connectivity index (χ3v) is 6.94. The minimum atomic E-state index is -0.825. The molecule has 1 unspecified atom stereocenters. The lowest BCUT2D eigenvalue weighted by atomic mass is 9.90. The number of aromatic nitrogens is 2. The van der Waals surface area contributed by atoms with Gasteiger partial charge in [0.1, 0.15) is 5.56 Å². The molecule has 0 bridgehead atoms. The number of nitrogens with zero attached hydrogens (tertiary/aromatic N) is 3. The van der Waals surface area contributed by atoms with Gasteiger partial charge < -0.3 is 14.4 Å². The van der Waals surface area contributed by atoms with Crippen molar-refractivity contribution in [3.05, 3.63) is 65.5 Å². The van der Waals surface area contributed by atoms with Crippen LogP contribution >= 0.6 is 0 Å². The van der Waals surface area contributed by atoms with Crippen molar-refractivity contribution >= 4 is 22.8 Å². The van der Waals surface area contributed by atoms with Gasteiger partial charge in [0.25, 0.3) is 0 Å². The Kier molecular flexibility index (Phi) is 3.70. The fraction of sp³-hybridized carbons (Fsp3) is 0.333. The van der Waals surface area contributed by atoms with Crippen molar-refractivity contribution in [1.29, 1.82) is 0 Å². The van der Waals surface area contributed by atoms with E-state index in [0.29, 0.717) is 25.1 Å². The molecule has 2 aliphatic heterocycles. The van der Waals surface area contributed by atoms with Crippen molar-refractivity contribution in [3.8, 4) is 5.88 Å². The Labute approximate surface area is 179 Å². The molecule has 7 heteroatoms. The lowest BCUT2D eigenvalue weighted by Crippen LogP contribution is -2.40. The van der Waals surface area contributed by atoms with E-state index in [1.807, 2.05) is 35.2 Å². The number of pyridine rings is 2. The molecular weight excluding hydrogens is 394 g/mol. The van der Waals surface area contributed by atoms with E-state index in [-0.39, 0.29) is 11.8 Å². The Hall–Kier alpha value is -3.48. The molecule has 7 nitrogen and oxygen atoms in total. The van der Waals surface area contributed by atoms with E-state index in [9.17, 15) is 9.59 Å². The zero-order valence-corrected chi connectivity index (χ0v) is 17.1. The predicted molar refractivity (Wildman–Crippen MR) is 112 cm³/mol. The maximum atomic E-state index is 13.8.